The third kappa shape index (κ3) is 4.05. The second kappa shape index (κ2) is 7.87. The number of methoxy groups -OCH3 is 1. The van der Waals surface area contributed by atoms with Gasteiger partial charge in [-0.3, -0.25) is 0 Å². The fraction of sp³-hybridized carbons (Fsp3) is 0.333. The molecule has 2 aromatic rings. The average molecular weight is 369 g/mol. The number of benzene rings is 2. The fourth-order valence-electron chi connectivity index (χ4n) is 3.63. The Balaban J connectivity index is 1.76. The second-order valence-corrected chi connectivity index (χ2v) is 7.22. The number of hydrogen-bond donors (Lipinski definition) is 2. The van der Waals surface area contributed by atoms with Crippen molar-refractivity contribution >= 4 is 29.0 Å². The Kier molecular flexibility index (Phi) is 5.57. The van der Waals surface area contributed by atoms with Gasteiger partial charge in [0.2, 0.25) is 0 Å². The summed E-state index contributed by atoms with van der Waals surface area (Å²) < 4.78 is 4.77. The first kappa shape index (κ1) is 18.4. The Bertz CT molecular complexity index is 813. The van der Waals surface area contributed by atoms with Crippen LogP contribution in [-0.4, -0.2) is 18.2 Å². The van der Waals surface area contributed by atoms with E-state index in [-0.39, 0.29) is 11.5 Å². The van der Waals surface area contributed by atoms with Crippen LogP contribution in [0, 0.1) is 6.92 Å². The first-order valence-electron chi connectivity index (χ1n) is 8.87. The van der Waals surface area contributed by atoms with Crippen molar-refractivity contribution in [1.82, 2.24) is 5.32 Å². The summed E-state index contributed by atoms with van der Waals surface area (Å²) in [6.07, 6.45) is 4.48. The van der Waals surface area contributed by atoms with E-state index in [0.717, 1.165) is 18.5 Å². The average Bonchev–Trinajstić information content (AvgIpc) is 3.10. The number of carbonyl (C=O) groups is 1. The molecule has 0 atom stereocenters. The van der Waals surface area contributed by atoms with Crippen molar-refractivity contribution in [3.63, 3.8) is 0 Å². The lowest BCUT2D eigenvalue weighted by Crippen LogP contribution is -2.45. The summed E-state index contributed by atoms with van der Waals surface area (Å²) in [4.78, 5) is 11.7. The number of thiocarbonyl (C=S) groups is 1. The molecule has 0 bridgehead atoms. The third-order valence-corrected chi connectivity index (χ3v) is 5.13. The molecule has 0 heterocycles. The van der Waals surface area contributed by atoms with Crippen molar-refractivity contribution in [3.8, 4) is 0 Å². The van der Waals surface area contributed by atoms with Crippen LogP contribution in [0.25, 0.3) is 0 Å². The molecule has 2 aromatic carbocycles. The quantitative estimate of drug-likeness (QED) is 0.613. The van der Waals surface area contributed by atoms with Crippen molar-refractivity contribution in [3.05, 3.63) is 65.2 Å². The van der Waals surface area contributed by atoms with Gasteiger partial charge >= 0.3 is 5.97 Å². The standard InChI is InChI=1S/C21H24N2O2S/c1-15-7-5-9-17(13-15)21(11-3-4-12-21)23-20(26)22-18-10-6-8-16(14-18)19(24)25-2/h5-10,13-14H,3-4,11-12H2,1-2H3,(H2,22,23,26). The molecular weight excluding hydrogens is 344 g/mol. The van der Waals surface area contributed by atoms with Gasteiger partial charge in [0.15, 0.2) is 5.11 Å². The van der Waals surface area contributed by atoms with E-state index < -0.39 is 0 Å². The molecule has 0 unspecified atom stereocenters. The van der Waals surface area contributed by atoms with E-state index in [9.17, 15) is 4.79 Å². The van der Waals surface area contributed by atoms with Crippen LogP contribution in [-0.2, 0) is 10.3 Å². The predicted octanol–water partition coefficient (Wildman–Crippen LogP) is 4.54. The molecule has 1 aliphatic carbocycles. The number of esters is 1. The lowest BCUT2D eigenvalue weighted by molar-refractivity contribution is 0.0601. The van der Waals surface area contributed by atoms with Crippen molar-refractivity contribution in [2.75, 3.05) is 12.4 Å². The van der Waals surface area contributed by atoms with Gasteiger partial charge in [-0.1, -0.05) is 48.7 Å². The number of ether oxygens (including phenoxy) is 1. The van der Waals surface area contributed by atoms with Crippen LogP contribution in [0.1, 0.15) is 47.2 Å². The van der Waals surface area contributed by atoms with Gasteiger partial charge in [0, 0.05) is 5.69 Å². The van der Waals surface area contributed by atoms with E-state index >= 15 is 0 Å². The SMILES string of the molecule is COC(=O)c1cccc(NC(=S)NC2(c3cccc(C)c3)CCCC2)c1. The largest absolute Gasteiger partial charge is 0.465 e. The summed E-state index contributed by atoms with van der Waals surface area (Å²) in [6.45, 7) is 2.11. The van der Waals surface area contributed by atoms with Crippen LogP contribution >= 0.6 is 12.2 Å². The maximum Gasteiger partial charge on any atom is 0.337 e. The molecule has 1 fully saturated rings. The van der Waals surface area contributed by atoms with Crippen molar-refractivity contribution in [1.29, 1.82) is 0 Å². The molecule has 0 spiro atoms. The molecule has 1 saturated carbocycles. The first-order valence-corrected chi connectivity index (χ1v) is 9.28. The lowest BCUT2D eigenvalue weighted by Gasteiger charge is -2.33. The van der Waals surface area contributed by atoms with Gasteiger partial charge in [0.25, 0.3) is 0 Å². The topological polar surface area (TPSA) is 50.4 Å². The monoisotopic (exact) mass is 368 g/mol. The minimum atomic E-state index is -0.362. The molecule has 5 heteroatoms. The highest BCUT2D eigenvalue weighted by Crippen LogP contribution is 2.39. The molecule has 4 nitrogen and oxygen atoms in total. The van der Waals surface area contributed by atoms with Crippen molar-refractivity contribution in [2.24, 2.45) is 0 Å². The normalized spacial score (nSPS) is 15.3. The Labute approximate surface area is 160 Å². The minimum Gasteiger partial charge on any atom is -0.465 e. The smallest absolute Gasteiger partial charge is 0.337 e. The van der Waals surface area contributed by atoms with Crippen molar-refractivity contribution < 1.29 is 9.53 Å². The zero-order chi connectivity index (χ0) is 18.6. The summed E-state index contributed by atoms with van der Waals surface area (Å²) in [5, 5.41) is 7.33. The molecule has 0 aliphatic heterocycles. The van der Waals surface area contributed by atoms with Gasteiger partial charge in [0.1, 0.15) is 0 Å². The number of carbonyl (C=O) groups excluding carboxylic acids is 1. The second-order valence-electron chi connectivity index (χ2n) is 6.81. The van der Waals surface area contributed by atoms with Gasteiger partial charge in [-0.25, -0.2) is 4.79 Å². The Morgan fingerprint density at radius 1 is 1.12 bits per heavy atom. The molecule has 2 N–H and O–H groups in total. The van der Waals surface area contributed by atoms with Crippen LogP contribution in [0.3, 0.4) is 0 Å². The molecule has 0 amide bonds. The Hall–Kier alpha value is -2.40. The summed E-state index contributed by atoms with van der Waals surface area (Å²) in [5.41, 5.74) is 3.66. The third-order valence-electron chi connectivity index (χ3n) is 4.92. The Morgan fingerprint density at radius 3 is 2.54 bits per heavy atom. The fourth-order valence-corrected chi connectivity index (χ4v) is 3.94. The number of anilines is 1. The molecule has 136 valence electrons. The van der Waals surface area contributed by atoms with Crippen LogP contribution < -0.4 is 10.6 Å². The van der Waals surface area contributed by atoms with E-state index in [0.29, 0.717) is 10.7 Å². The summed E-state index contributed by atoms with van der Waals surface area (Å²) in [6, 6.07) is 15.8. The van der Waals surface area contributed by atoms with Crippen molar-refractivity contribution in [2.45, 2.75) is 38.1 Å². The minimum absolute atomic E-state index is 0.129. The number of nitrogens with one attached hydrogen (secondary N) is 2. The van der Waals surface area contributed by atoms with Gasteiger partial charge < -0.3 is 15.4 Å². The number of rotatable bonds is 4. The van der Waals surface area contributed by atoms with Crippen LogP contribution in [0.5, 0.6) is 0 Å². The zero-order valence-corrected chi connectivity index (χ0v) is 16.0. The molecule has 0 aromatic heterocycles. The van der Waals surface area contributed by atoms with E-state index in [2.05, 4.69) is 41.8 Å². The van der Waals surface area contributed by atoms with Crippen LogP contribution in [0.2, 0.25) is 0 Å². The highest BCUT2D eigenvalue weighted by molar-refractivity contribution is 7.80. The maximum absolute atomic E-state index is 11.7. The summed E-state index contributed by atoms with van der Waals surface area (Å²) >= 11 is 5.58. The molecule has 3 rings (SSSR count). The Morgan fingerprint density at radius 2 is 1.85 bits per heavy atom. The van der Waals surface area contributed by atoms with Gasteiger partial charge in [-0.05, 0) is 55.7 Å². The van der Waals surface area contributed by atoms with E-state index in [1.54, 1.807) is 12.1 Å². The predicted molar refractivity (Wildman–Crippen MR) is 108 cm³/mol. The number of hydrogen-bond acceptors (Lipinski definition) is 3. The molecule has 26 heavy (non-hydrogen) atoms. The summed E-state index contributed by atoms with van der Waals surface area (Å²) in [5.74, 6) is -0.362. The molecule has 1 aliphatic rings. The highest BCUT2D eigenvalue weighted by Gasteiger charge is 2.36. The molecule has 0 saturated heterocycles. The van der Waals surface area contributed by atoms with E-state index in [1.165, 1.54) is 31.1 Å². The van der Waals surface area contributed by atoms with Gasteiger partial charge in [0.05, 0.1) is 18.2 Å². The van der Waals surface area contributed by atoms with Crippen LogP contribution in [0.4, 0.5) is 5.69 Å². The van der Waals surface area contributed by atoms with E-state index in [1.807, 2.05) is 12.1 Å². The molecule has 0 radical (unpaired) electrons. The summed E-state index contributed by atoms with van der Waals surface area (Å²) in [7, 11) is 1.38. The first-order chi connectivity index (χ1) is 12.5. The molecular formula is C21H24N2O2S. The highest BCUT2D eigenvalue weighted by atomic mass is 32.1. The zero-order valence-electron chi connectivity index (χ0n) is 15.2. The lowest BCUT2D eigenvalue weighted by atomic mass is 9.87. The van der Waals surface area contributed by atoms with E-state index in [4.69, 9.17) is 17.0 Å². The number of aryl methyl sites for hydroxylation is 1. The van der Waals surface area contributed by atoms with Gasteiger partial charge in [-0.2, -0.15) is 0 Å². The maximum atomic E-state index is 11.7. The van der Waals surface area contributed by atoms with Crippen LogP contribution in [0.15, 0.2) is 48.5 Å². The van der Waals surface area contributed by atoms with Gasteiger partial charge in [-0.15, -0.1) is 0 Å².